The highest BCUT2D eigenvalue weighted by atomic mass is 32.2. The molecule has 0 bridgehead atoms. The van der Waals surface area contributed by atoms with E-state index >= 15 is 0 Å². The van der Waals surface area contributed by atoms with Crippen molar-refractivity contribution in [3.05, 3.63) is 16.8 Å². The molecule has 0 saturated carbocycles. The van der Waals surface area contributed by atoms with E-state index in [1.807, 2.05) is 0 Å². The Bertz CT molecular complexity index is 481. The molecule has 1 aromatic heterocycles. The highest BCUT2D eigenvalue weighted by Gasteiger charge is 2.24. The summed E-state index contributed by atoms with van der Waals surface area (Å²) in [7, 11) is -1.89. The molecule has 1 aromatic rings. The van der Waals surface area contributed by atoms with Gasteiger partial charge in [-0.3, -0.25) is 0 Å². The molecule has 0 spiro atoms. The smallest absolute Gasteiger partial charge is 0.152 e. The van der Waals surface area contributed by atoms with Crippen molar-refractivity contribution in [3.63, 3.8) is 0 Å². The molecule has 0 amide bonds. The number of thiophene rings is 1. The van der Waals surface area contributed by atoms with Crippen LogP contribution >= 0.6 is 11.3 Å². The molecule has 0 aliphatic heterocycles. The van der Waals surface area contributed by atoms with Crippen molar-refractivity contribution in [2.75, 3.05) is 7.05 Å². The van der Waals surface area contributed by atoms with Crippen LogP contribution < -0.4 is 5.14 Å². The minimum atomic E-state index is -3.16. The zero-order chi connectivity index (χ0) is 11.9. The highest BCUT2D eigenvalue weighted by molar-refractivity contribution is 7.93. The third-order valence-corrected chi connectivity index (χ3v) is 5.25. The van der Waals surface area contributed by atoms with Crippen LogP contribution in [0.2, 0.25) is 0 Å². The summed E-state index contributed by atoms with van der Waals surface area (Å²) >= 11 is 0.879. The Balaban J connectivity index is 3.38. The van der Waals surface area contributed by atoms with Crippen LogP contribution in [0.1, 0.15) is 18.7 Å². The van der Waals surface area contributed by atoms with Gasteiger partial charge in [-0.2, -0.15) is 0 Å². The summed E-state index contributed by atoms with van der Waals surface area (Å²) in [5.41, 5.74) is -1.17. The Kier molecular flexibility index (Phi) is 3.20. The number of nitrogens with two attached hydrogens (primary N) is 1. The summed E-state index contributed by atoms with van der Waals surface area (Å²) in [6, 6.07) is 1.14. The Morgan fingerprint density at radius 1 is 1.67 bits per heavy atom. The summed E-state index contributed by atoms with van der Waals surface area (Å²) in [4.78, 5) is 0.372. The van der Waals surface area contributed by atoms with Gasteiger partial charge in [-0.15, -0.1) is 11.3 Å². The van der Waals surface area contributed by atoms with E-state index in [1.165, 1.54) is 20.9 Å². The van der Waals surface area contributed by atoms with Gasteiger partial charge < -0.3 is 5.11 Å². The third kappa shape index (κ3) is 2.54. The Morgan fingerprint density at radius 3 is 2.53 bits per heavy atom. The van der Waals surface area contributed by atoms with E-state index in [0.717, 1.165) is 17.4 Å². The lowest BCUT2D eigenvalue weighted by Crippen LogP contribution is -2.13. The fourth-order valence-electron chi connectivity index (χ4n) is 0.936. The molecule has 0 aromatic carbocycles. The van der Waals surface area contributed by atoms with Crippen LogP contribution in [0.15, 0.2) is 14.6 Å². The summed E-state index contributed by atoms with van der Waals surface area (Å²) in [6.45, 7) is 3.03. The quantitative estimate of drug-likeness (QED) is 0.835. The molecule has 3 N–H and O–H groups in total. The van der Waals surface area contributed by atoms with Crippen LogP contribution in [0, 0.1) is 5.82 Å². The third-order valence-electron chi connectivity index (χ3n) is 1.80. The average molecular weight is 252 g/mol. The molecule has 1 rings (SSSR count). The van der Waals surface area contributed by atoms with Crippen molar-refractivity contribution in [1.82, 2.24) is 0 Å². The predicted octanol–water partition coefficient (Wildman–Crippen LogP) is 1.45. The first-order chi connectivity index (χ1) is 6.68. The molecule has 15 heavy (non-hydrogen) atoms. The van der Waals surface area contributed by atoms with Gasteiger partial charge in [0, 0.05) is 11.9 Å². The van der Waals surface area contributed by atoms with Crippen molar-refractivity contribution in [3.8, 4) is 0 Å². The van der Waals surface area contributed by atoms with Crippen molar-refractivity contribution in [2.24, 2.45) is 9.50 Å². The number of aliphatic hydroxyl groups is 1. The first-order valence-corrected chi connectivity index (χ1v) is 6.53. The van der Waals surface area contributed by atoms with Gasteiger partial charge in [0.2, 0.25) is 0 Å². The van der Waals surface area contributed by atoms with Gasteiger partial charge in [0.1, 0.15) is 9.92 Å². The Hall–Kier alpha value is -0.500. The molecule has 0 aliphatic carbocycles. The number of halogens is 1. The molecule has 1 atom stereocenters. The lowest BCUT2D eigenvalue weighted by atomic mass is 10.1. The lowest BCUT2D eigenvalue weighted by Gasteiger charge is -2.13. The van der Waals surface area contributed by atoms with E-state index in [1.54, 1.807) is 0 Å². The van der Waals surface area contributed by atoms with E-state index in [0.29, 0.717) is 4.88 Å². The minimum Gasteiger partial charge on any atom is -0.385 e. The van der Waals surface area contributed by atoms with Crippen LogP contribution in [0.4, 0.5) is 4.39 Å². The SMILES string of the molecule is CN=S(N)(=O)c1sc(C(C)(C)O)cc1F. The number of hydrogen-bond acceptors (Lipinski definition) is 4. The zero-order valence-corrected chi connectivity index (χ0v) is 10.3. The average Bonchev–Trinajstić information content (AvgIpc) is 2.47. The fourth-order valence-corrected chi connectivity index (χ4v) is 3.18. The molecule has 1 heterocycles. The molecule has 86 valence electrons. The molecule has 7 heteroatoms. The van der Waals surface area contributed by atoms with E-state index in [2.05, 4.69) is 4.36 Å². The standard InChI is InChI=1S/C8H13FN2O2S2/c1-8(2,12)6-4-5(9)7(14-6)15(10,13)11-3/h4,12H,1-3H3,(H2,10,11,13). The first-order valence-electron chi connectivity index (χ1n) is 4.13. The van der Waals surface area contributed by atoms with Gasteiger partial charge in [0.15, 0.2) is 10.0 Å². The summed E-state index contributed by atoms with van der Waals surface area (Å²) in [5.74, 6) is -0.685. The fraction of sp³-hybridized carbons (Fsp3) is 0.500. The summed E-state index contributed by atoms with van der Waals surface area (Å²) in [5, 5.41) is 15.0. The van der Waals surface area contributed by atoms with E-state index in [4.69, 9.17) is 5.14 Å². The van der Waals surface area contributed by atoms with Crippen molar-refractivity contribution < 1.29 is 13.7 Å². The molecular weight excluding hydrogens is 239 g/mol. The highest BCUT2D eigenvalue weighted by Crippen LogP contribution is 2.32. The second-order valence-electron chi connectivity index (χ2n) is 3.56. The van der Waals surface area contributed by atoms with Crippen LogP contribution in [0.25, 0.3) is 0 Å². The van der Waals surface area contributed by atoms with Crippen LogP contribution in [-0.4, -0.2) is 16.4 Å². The van der Waals surface area contributed by atoms with Gasteiger partial charge in [-0.25, -0.2) is 18.1 Å². The molecule has 4 nitrogen and oxygen atoms in total. The zero-order valence-electron chi connectivity index (χ0n) is 8.65. The number of rotatable bonds is 2. The predicted molar refractivity (Wildman–Crippen MR) is 58.5 cm³/mol. The largest absolute Gasteiger partial charge is 0.385 e. The van der Waals surface area contributed by atoms with Crippen LogP contribution in [0.5, 0.6) is 0 Å². The minimum absolute atomic E-state index is 0.123. The maximum absolute atomic E-state index is 13.4. The van der Waals surface area contributed by atoms with Gasteiger partial charge in [0.25, 0.3) is 0 Å². The first kappa shape index (κ1) is 12.6. The molecule has 0 saturated heterocycles. The normalized spacial score (nSPS) is 16.1. The van der Waals surface area contributed by atoms with E-state index in [9.17, 15) is 13.7 Å². The number of nitrogens with zero attached hydrogens (tertiary/aromatic N) is 1. The van der Waals surface area contributed by atoms with Crippen molar-refractivity contribution >= 4 is 21.3 Å². The lowest BCUT2D eigenvalue weighted by molar-refractivity contribution is 0.0823. The maximum Gasteiger partial charge on any atom is 0.152 e. The molecular formula is C8H13FN2O2S2. The van der Waals surface area contributed by atoms with Gasteiger partial charge in [0.05, 0.1) is 5.60 Å². The Morgan fingerprint density at radius 2 is 2.20 bits per heavy atom. The van der Waals surface area contributed by atoms with Gasteiger partial charge in [-0.1, -0.05) is 0 Å². The van der Waals surface area contributed by atoms with Crippen molar-refractivity contribution in [2.45, 2.75) is 23.7 Å². The second-order valence-corrected chi connectivity index (χ2v) is 6.78. The van der Waals surface area contributed by atoms with Crippen LogP contribution in [-0.2, 0) is 15.5 Å². The summed E-state index contributed by atoms with van der Waals surface area (Å²) in [6.07, 6.45) is 0. The van der Waals surface area contributed by atoms with E-state index < -0.39 is 21.3 Å². The number of hydrogen-bond donors (Lipinski definition) is 2. The monoisotopic (exact) mass is 252 g/mol. The van der Waals surface area contributed by atoms with Crippen molar-refractivity contribution in [1.29, 1.82) is 0 Å². The maximum atomic E-state index is 13.4. The molecule has 0 radical (unpaired) electrons. The summed E-state index contributed by atoms with van der Waals surface area (Å²) < 4.78 is 28.3. The van der Waals surface area contributed by atoms with Crippen LogP contribution in [0.3, 0.4) is 0 Å². The van der Waals surface area contributed by atoms with Gasteiger partial charge in [-0.05, 0) is 19.9 Å². The topological polar surface area (TPSA) is 75.7 Å². The second kappa shape index (κ2) is 3.82. The van der Waals surface area contributed by atoms with Gasteiger partial charge >= 0.3 is 0 Å². The Labute approximate surface area is 92.2 Å². The molecule has 0 fully saturated rings. The molecule has 1 unspecified atom stereocenters. The van der Waals surface area contributed by atoms with E-state index in [-0.39, 0.29) is 4.21 Å². The molecule has 0 aliphatic rings.